The number of rotatable bonds is 4. The van der Waals surface area contributed by atoms with Crippen molar-refractivity contribution < 1.29 is 21.8 Å². The Morgan fingerprint density at radius 2 is 1.91 bits per heavy atom. The van der Waals surface area contributed by atoms with Gasteiger partial charge < -0.3 is 4.74 Å². The first-order chi connectivity index (χ1) is 10.4. The van der Waals surface area contributed by atoms with Crippen molar-refractivity contribution in [3.05, 3.63) is 35.9 Å². The van der Waals surface area contributed by atoms with Gasteiger partial charge in [-0.25, -0.2) is 4.79 Å². The molecule has 1 amide bonds. The van der Waals surface area contributed by atoms with Crippen LogP contribution in [0.2, 0.25) is 0 Å². The first kappa shape index (κ1) is 15.3. The Bertz CT molecular complexity index is 653. The lowest BCUT2D eigenvalue weighted by Crippen LogP contribution is -2.49. The molecule has 1 aromatic carbocycles. The molecule has 0 atom stereocenters. The standard InChI is InChI=1S/C15H18FNO4S/c16-22(19,20)11-15-8-6-13(7-9-15)17(15)14(18)21-10-12-4-2-1-3-5-12/h1-5,13H,6-11H2. The minimum absolute atomic E-state index is 0.0370. The lowest BCUT2D eigenvalue weighted by molar-refractivity contribution is 0.0739. The van der Waals surface area contributed by atoms with Crippen LogP contribution in [0.4, 0.5) is 8.68 Å². The highest BCUT2D eigenvalue weighted by molar-refractivity contribution is 7.86. The first-order valence-corrected chi connectivity index (χ1v) is 8.87. The minimum Gasteiger partial charge on any atom is -0.445 e. The van der Waals surface area contributed by atoms with Gasteiger partial charge in [-0.2, -0.15) is 8.42 Å². The predicted octanol–water partition coefficient (Wildman–Crippen LogP) is 2.62. The van der Waals surface area contributed by atoms with Gasteiger partial charge in [-0.15, -0.1) is 3.89 Å². The molecule has 2 aliphatic rings. The van der Waals surface area contributed by atoms with Crippen LogP contribution >= 0.6 is 0 Å². The Labute approximate surface area is 129 Å². The van der Waals surface area contributed by atoms with Crippen LogP contribution in [0.1, 0.15) is 31.2 Å². The van der Waals surface area contributed by atoms with Crippen LogP contribution in [-0.2, 0) is 21.6 Å². The number of fused-ring (bicyclic) bond motifs is 2. The maximum Gasteiger partial charge on any atom is 0.410 e. The minimum atomic E-state index is -4.63. The maximum absolute atomic E-state index is 13.2. The van der Waals surface area contributed by atoms with E-state index >= 15 is 0 Å². The molecule has 2 heterocycles. The van der Waals surface area contributed by atoms with Gasteiger partial charge in [0.1, 0.15) is 12.4 Å². The summed E-state index contributed by atoms with van der Waals surface area (Å²) in [7, 11) is -4.63. The second kappa shape index (κ2) is 5.53. The highest BCUT2D eigenvalue weighted by Gasteiger charge is 2.56. The fraction of sp³-hybridized carbons (Fsp3) is 0.533. The van der Waals surface area contributed by atoms with E-state index in [4.69, 9.17) is 4.74 Å². The molecule has 120 valence electrons. The van der Waals surface area contributed by atoms with Crippen LogP contribution in [0.15, 0.2) is 30.3 Å². The molecule has 0 aliphatic carbocycles. The smallest absolute Gasteiger partial charge is 0.410 e. The maximum atomic E-state index is 13.2. The monoisotopic (exact) mass is 327 g/mol. The average Bonchev–Trinajstić information content (AvgIpc) is 2.98. The average molecular weight is 327 g/mol. The topological polar surface area (TPSA) is 63.7 Å². The van der Waals surface area contributed by atoms with Crippen molar-refractivity contribution in [3.63, 3.8) is 0 Å². The van der Waals surface area contributed by atoms with Gasteiger partial charge in [-0.1, -0.05) is 30.3 Å². The van der Waals surface area contributed by atoms with Gasteiger partial charge in [0.25, 0.3) is 0 Å². The van der Waals surface area contributed by atoms with Gasteiger partial charge in [0.15, 0.2) is 0 Å². The SMILES string of the molecule is O=C(OCc1ccccc1)N1C2CCC1(CS(=O)(=O)F)CC2. The van der Waals surface area contributed by atoms with E-state index in [0.717, 1.165) is 5.56 Å². The van der Waals surface area contributed by atoms with E-state index in [1.807, 2.05) is 30.3 Å². The van der Waals surface area contributed by atoms with Crippen molar-refractivity contribution >= 4 is 16.3 Å². The predicted molar refractivity (Wildman–Crippen MR) is 78.3 cm³/mol. The van der Waals surface area contributed by atoms with Gasteiger partial charge in [0.2, 0.25) is 0 Å². The number of ether oxygens (including phenoxy) is 1. The molecular weight excluding hydrogens is 309 g/mol. The van der Waals surface area contributed by atoms with Crippen molar-refractivity contribution in [2.24, 2.45) is 0 Å². The molecule has 2 bridgehead atoms. The Hall–Kier alpha value is -1.63. The summed E-state index contributed by atoms with van der Waals surface area (Å²) < 4.78 is 40.6. The number of amides is 1. The number of nitrogens with zero attached hydrogens (tertiary/aromatic N) is 1. The number of halogens is 1. The largest absolute Gasteiger partial charge is 0.445 e. The summed E-state index contributed by atoms with van der Waals surface area (Å²) in [4.78, 5) is 13.8. The van der Waals surface area contributed by atoms with Gasteiger partial charge >= 0.3 is 16.3 Å². The molecule has 0 aromatic heterocycles. The van der Waals surface area contributed by atoms with Crippen LogP contribution in [0.25, 0.3) is 0 Å². The van der Waals surface area contributed by atoms with Crippen molar-refractivity contribution in [2.45, 2.75) is 43.9 Å². The van der Waals surface area contributed by atoms with E-state index in [-0.39, 0.29) is 12.6 Å². The van der Waals surface area contributed by atoms with Gasteiger partial charge in [-0.05, 0) is 31.2 Å². The van der Waals surface area contributed by atoms with Crippen molar-refractivity contribution in [1.29, 1.82) is 0 Å². The number of hydrogen-bond donors (Lipinski definition) is 0. The molecule has 2 saturated heterocycles. The molecule has 0 saturated carbocycles. The summed E-state index contributed by atoms with van der Waals surface area (Å²) in [5.41, 5.74) is -0.0685. The van der Waals surface area contributed by atoms with Gasteiger partial charge in [0.05, 0.1) is 5.54 Å². The van der Waals surface area contributed by atoms with E-state index in [2.05, 4.69) is 0 Å². The molecular formula is C15H18FNO4S. The molecule has 0 N–H and O–H groups in total. The lowest BCUT2D eigenvalue weighted by Gasteiger charge is -2.32. The third-order valence-corrected chi connectivity index (χ3v) is 5.49. The van der Waals surface area contributed by atoms with Crippen LogP contribution in [0, 0.1) is 0 Å². The quantitative estimate of drug-likeness (QED) is 0.798. The summed E-state index contributed by atoms with van der Waals surface area (Å²) >= 11 is 0. The molecule has 0 radical (unpaired) electrons. The summed E-state index contributed by atoms with van der Waals surface area (Å²) in [6.45, 7) is 0.126. The lowest BCUT2D eigenvalue weighted by atomic mass is 9.89. The fourth-order valence-electron chi connectivity index (χ4n) is 3.69. The number of carbonyl (C=O) groups is 1. The van der Waals surface area contributed by atoms with Crippen LogP contribution in [0.5, 0.6) is 0 Å². The van der Waals surface area contributed by atoms with Crippen molar-refractivity contribution in [1.82, 2.24) is 4.90 Å². The molecule has 2 aliphatic heterocycles. The van der Waals surface area contributed by atoms with E-state index in [1.165, 1.54) is 4.90 Å². The summed E-state index contributed by atoms with van der Waals surface area (Å²) in [6.07, 6.45) is 1.89. The Morgan fingerprint density at radius 3 is 2.50 bits per heavy atom. The molecule has 2 fully saturated rings. The summed E-state index contributed by atoms with van der Waals surface area (Å²) in [5, 5.41) is 0. The zero-order valence-corrected chi connectivity index (χ0v) is 12.9. The van der Waals surface area contributed by atoms with Crippen LogP contribution in [0.3, 0.4) is 0 Å². The fourth-order valence-corrected chi connectivity index (χ4v) is 4.76. The first-order valence-electron chi connectivity index (χ1n) is 7.32. The normalized spacial score (nSPS) is 27.1. The summed E-state index contributed by atoms with van der Waals surface area (Å²) in [6, 6.07) is 9.21. The third kappa shape index (κ3) is 2.95. The van der Waals surface area contributed by atoms with Crippen LogP contribution < -0.4 is 0 Å². The molecule has 3 rings (SSSR count). The molecule has 0 unspecified atom stereocenters. The zero-order valence-electron chi connectivity index (χ0n) is 12.1. The Kier molecular flexibility index (Phi) is 3.84. The number of benzene rings is 1. The number of carbonyl (C=O) groups excluding carboxylic acids is 1. The highest BCUT2D eigenvalue weighted by atomic mass is 32.3. The molecule has 0 spiro atoms. The Balaban J connectivity index is 1.71. The van der Waals surface area contributed by atoms with E-state index in [0.29, 0.717) is 25.7 Å². The molecule has 1 aromatic rings. The number of hydrogen-bond acceptors (Lipinski definition) is 4. The zero-order chi connectivity index (χ0) is 15.8. The molecule has 22 heavy (non-hydrogen) atoms. The van der Waals surface area contributed by atoms with Gasteiger partial charge in [-0.3, -0.25) is 4.90 Å². The van der Waals surface area contributed by atoms with E-state index in [1.54, 1.807) is 0 Å². The van der Waals surface area contributed by atoms with Crippen LogP contribution in [-0.4, -0.2) is 36.7 Å². The highest BCUT2D eigenvalue weighted by Crippen LogP contribution is 2.47. The second-order valence-corrected chi connectivity index (χ2v) is 7.42. The van der Waals surface area contributed by atoms with Crippen molar-refractivity contribution in [3.8, 4) is 0 Å². The molecule has 7 heteroatoms. The van der Waals surface area contributed by atoms with Crippen molar-refractivity contribution in [2.75, 3.05) is 5.75 Å². The Morgan fingerprint density at radius 1 is 1.27 bits per heavy atom. The third-order valence-electron chi connectivity index (χ3n) is 4.60. The van der Waals surface area contributed by atoms with E-state index < -0.39 is 27.6 Å². The molecule has 5 nitrogen and oxygen atoms in total. The summed E-state index contributed by atoms with van der Waals surface area (Å²) in [5.74, 6) is -0.628. The second-order valence-electron chi connectivity index (χ2n) is 6.05. The van der Waals surface area contributed by atoms with E-state index in [9.17, 15) is 17.1 Å². The van der Waals surface area contributed by atoms with Gasteiger partial charge in [0, 0.05) is 6.04 Å².